The van der Waals surface area contributed by atoms with E-state index in [-0.39, 0.29) is 36.6 Å². The molecule has 2 aliphatic heterocycles. The van der Waals surface area contributed by atoms with E-state index in [1.54, 1.807) is 56.0 Å². The number of thiazole rings is 2. The number of amides is 2. The predicted molar refractivity (Wildman–Crippen MR) is 194 cm³/mol. The van der Waals surface area contributed by atoms with E-state index in [1.165, 1.54) is 51.8 Å². The standard InChI is InChI=1S/C18H19FN2O2S.C11H8FNS.C8H13NO3/c1-18(2,3)23-17(22)21-9-12(10-21)8-16-20-15(11-24-16)13-4-6-14(19)7-5-13;1-2-11-13-10(7-14-11)8-3-5-9(12)6-4-8;1-8(2,3)12-7(11)9-4-6(10)5-9/h4-8,11H,9-10H2,1-3H3;2-7H,1H2;4-5H2,1-3H3. The van der Waals surface area contributed by atoms with Gasteiger partial charge >= 0.3 is 12.2 Å². The molecule has 13 heteroatoms. The van der Waals surface area contributed by atoms with Crippen LogP contribution in [0.15, 0.2) is 71.4 Å². The van der Waals surface area contributed by atoms with Crippen LogP contribution in [0.25, 0.3) is 34.7 Å². The topological polar surface area (TPSA) is 102 Å². The van der Waals surface area contributed by atoms with Crippen molar-refractivity contribution in [3.8, 4) is 22.5 Å². The summed E-state index contributed by atoms with van der Waals surface area (Å²) >= 11 is 3.06. The SMILES string of the molecule is C=Cc1nc(-c2ccc(F)cc2)cs1.CC(C)(C)OC(=O)N1CC(=Cc2nc(-c3ccc(F)cc3)cs2)C1.CC(C)(C)OC(=O)N1CC(=O)C1. The number of aromatic nitrogens is 2. The molecule has 0 aliphatic carbocycles. The van der Waals surface area contributed by atoms with Crippen molar-refractivity contribution in [2.45, 2.75) is 52.7 Å². The Morgan fingerprint density at radius 2 is 1.12 bits per heavy atom. The van der Waals surface area contributed by atoms with E-state index in [2.05, 4.69) is 16.5 Å². The smallest absolute Gasteiger partial charge is 0.411 e. The number of likely N-dealkylation sites (tertiary alicyclic amines) is 2. The van der Waals surface area contributed by atoms with Gasteiger partial charge in [-0.3, -0.25) is 9.69 Å². The van der Waals surface area contributed by atoms with E-state index in [0.717, 1.165) is 38.1 Å². The molecule has 2 aliphatic rings. The summed E-state index contributed by atoms with van der Waals surface area (Å²) in [6.45, 7) is 16.1. The van der Waals surface area contributed by atoms with Gasteiger partial charge in [-0.15, -0.1) is 22.7 Å². The molecular weight excluding hydrogens is 683 g/mol. The molecule has 9 nitrogen and oxygen atoms in total. The third-order valence-corrected chi connectivity index (χ3v) is 8.28. The number of hydrogen-bond acceptors (Lipinski definition) is 9. The predicted octanol–water partition coefficient (Wildman–Crippen LogP) is 8.98. The molecule has 50 heavy (non-hydrogen) atoms. The number of carbonyl (C=O) groups is 3. The van der Waals surface area contributed by atoms with Crippen LogP contribution in [0.5, 0.6) is 0 Å². The van der Waals surface area contributed by atoms with E-state index in [9.17, 15) is 23.2 Å². The number of halogens is 2. The van der Waals surface area contributed by atoms with Gasteiger partial charge in [-0.1, -0.05) is 6.58 Å². The highest BCUT2D eigenvalue weighted by molar-refractivity contribution is 7.11. The minimum absolute atomic E-state index is 0.0841. The highest BCUT2D eigenvalue weighted by Crippen LogP contribution is 2.27. The van der Waals surface area contributed by atoms with Crippen LogP contribution in [-0.4, -0.2) is 75.1 Å². The van der Waals surface area contributed by atoms with Crippen LogP contribution < -0.4 is 0 Å². The van der Waals surface area contributed by atoms with Crippen molar-refractivity contribution in [2.24, 2.45) is 0 Å². The molecule has 264 valence electrons. The highest BCUT2D eigenvalue weighted by atomic mass is 32.1. The number of benzene rings is 2. The van der Waals surface area contributed by atoms with E-state index < -0.39 is 17.3 Å². The maximum absolute atomic E-state index is 13.0. The number of carbonyl (C=O) groups excluding carboxylic acids is 3. The van der Waals surface area contributed by atoms with Gasteiger partial charge in [-0.05, 0) is 108 Å². The van der Waals surface area contributed by atoms with Gasteiger partial charge in [0.2, 0.25) is 0 Å². The van der Waals surface area contributed by atoms with Crippen LogP contribution in [0.4, 0.5) is 18.4 Å². The van der Waals surface area contributed by atoms with Gasteiger partial charge in [0.1, 0.15) is 32.9 Å². The summed E-state index contributed by atoms with van der Waals surface area (Å²) in [7, 11) is 0. The number of hydrogen-bond donors (Lipinski definition) is 0. The summed E-state index contributed by atoms with van der Waals surface area (Å²) in [5, 5.41) is 5.64. The molecule has 6 rings (SSSR count). The minimum Gasteiger partial charge on any atom is -0.444 e. The summed E-state index contributed by atoms with van der Waals surface area (Å²) in [5.74, 6) is -0.401. The molecular formula is C37H40F2N4O5S2. The van der Waals surface area contributed by atoms with Crippen molar-refractivity contribution in [2.75, 3.05) is 26.2 Å². The number of rotatable bonds is 4. The Balaban J connectivity index is 0.000000184. The van der Waals surface area contributed by atoms with Crippen molar-refractivity contribution in [3.05, 3.63) is 93.1 Å². The summed E-state index contributed by atoms with van der Waals surface area (Å²) < 4.78 is 36.0. The second-order valence-corrected chi connectivity index (χ2v) is 15.2. The first-order valence-corrected chi connectivity index (χ1v) is 17.5. The first kappa shape index (κ1) is 38.1. The lowest BCUT2D eigenvalue weighted by Crippen LogP contribution is -2.52. The average Bonchev–Trinajstić information content (AvgIpc) is 3.67. The molecule has 0 radical (unpaired) electrons. The van der Waals surface area contributed by atoms with Crippen molar-refractivity contribution >= 4 is 52.8 Å². The molecule has 0 bridgehead atoms. The van der Waals surface area contributed by atoms with Gasteiger partial charge in [0.05, 0.1) is 24.5 Å². The third kappa shape index (κ3) is 11.7. The summed E-state index contributed by atoms with van der Waals surface area (Å²) in [6.07, 6.45) is 3.02. The Kier molecular flexibility index (Phi) is 12.4. The van der Waals surface area contributed by atoms with Gasteiger partial charge in [-0.2, -0.15) is 0 Å². The number of ether oxygens (including phenoxy) is 2. The average molecular weight is 723 g/mol. The van der Waals surface area contributed by atoms with Crippen molar-refractivity contribution < 1.29 is 32.6 Å². The van der Waals surface area contributed by atoms with E-state index in [0.29, 0.717) is 13.1 Å². The maximum Gasteiger partial charge on any atom is 0.411 e. The molecule has 2 fully saturated rings. The Morgan fingerprint density at radius 1 is 0.720 bits per heavy atom. The van der Waals surface area contributed by atoms with Crippen molar-refractivity contribution in [1.82, 2.24) is 19.8 Å². The molecule has 2 aromatic heterocycles. The fourth-order valence-electron chi connectivity index (χ4n) is 4.24. The van der Waals surface area contributed by atoms with E-state index in [4.69, 9.17) is 9.47 Å². The fraction of sp³-hybridized carbons (Fsp3) is 0.324. The summed E-state index contributed by atoms with van der Waals surface area (Å²) in [5.41, 5.74) is 3.70. The quantitative estimate of drug-likeness (QED) is 0.207. The minimum atomic E-state index is -0.476. The molecule has 0 saturated carbocycles. The molecule has 2 saturated heterocycles. The molecule has 0 spiro atoms. The zero-order valence-electron chi connectivity index (χ0n) is 28.9. The second-order valence-electron chi connectivity index (χ2n) is 13.4. The molecule has 2 amide bonds. The molecule has 0 atom stereocenters. The zero-order chi connectivity index (χ0) is 36.6. The van der Waals surface area contributed by atoms with Gasteiger partial charge in [0.25, 0.3) is 0 Å². The van der Waals surface area contributed by atoms with E-state index >= 15 is 0 Å². The van der Waals surface area contributed by atoms with Crippen LogP contribution in [0.3, 0.4) is 0 Å². The summed E-state index contributed by atoms with van der Waals surface area (Å²) in [4.78, 5) is 45.5. The molecule has 4 aromatic rings. The molecule has 4 heterocycles. The second kappa shape index (κ2) is 16.3. The Morgan fingerprint density at radius 3 is 1.50 bits per heavy atom. The lowest BCUT2D eigenvalue weighted by molar-refractivity contribution is -0.128. The number of nitrogens with zero attached hydrogens (tertiary/aromatic N) is 4. The molecule has 0 N–H and O–H groups in total. The van der Waals surface area contributed by atoms with Gasteiger partial charge in [-0.25, -0.2) is 28.3 Å². The lowest BCUT2D eigenvalue weighted by atomic mass is 10.1. The third-order valence-electron chi connectivity index (χ3n) is 6.65. The normalized spacial score (nSPS) is 13.8. The van der Waals surface area contributed by atoms with Crippen molar-refractivity contribution in [1.29, 1.82) is 0 Å². The van der Waals surface area contributed by atoms with Gasteiger partial charge < -0.3 is 14.4 Å². The Hall–Kier alpha value is -4.75. The Bertz CT molecular complexity index is 1820. The maximum atomic E-state index is 13.0. The van der Waals surface area contributed by atoms with Crippen molar-refractivity contribution in [3.63, 3.8) is 0 Å². The van der Waals surface area contributed by atoms with E-state index in [1.807, 2.05) is 37.6 Å². The molecule has 2 aromatic carbocycles. The highest BCUT2D eigenvalue weighted by Gasteiger charge is 2.32. The van der Waals surface area contributed by atoms with Crippen LogP contribution >= 0.6 is 22.7 Å². The van der Waals surface area contributed by atoms with Crippen LogP contribution in [0.1, 0.15) is 51.6 Å². The fourth-order valence-corrected chi connectivity index (χ4v) is 5.72. The summed E-state index contributed by atoms with van der Waals surface area (Å²) in [6, 6.07) is 12.6. The first-order valence-electron chi connectivity index (χ1n) is 15.7. The monoisotopic (exact) mass is 722 g/mol. The molecule has 0 unspecified atom stereocenters. The van der Waals surface area contributed by atoms with Gasteiger partial charge in [0, 0.05) is 35.0 Å². The zero-order valence-corrected chi connectivity index (χ0v) is 30.5. The van der Waals surface area contributed by atoms with Crippen LogP contribution in [0.2, 0.25) is 0 Å². The Labute approximate surface area is 298 Å². The van der Waals surface area contributed by atoms with Gasteiger partial charge in [0.15, 0.2) is 5.78 Å². The number of Topliss-reactive ketones (excluding diaryl/α,β-unsaturated/α-hetero) is 1. The lowest BCUT2D eigenvalue weighted by Gasteiger charge is -2.35. The van der Waals surface area contributed by atoms with Crippen LogP contribution in [-0.2, 0) is 14.3 Å². The first-order chi connectivity index (χ1) is 23.5. The number of ketones is 1. The largest absolute Gasteiger partial charge is 0.444 e. The van der Waals surface area contributed by atoms with Crippen LogP contribution in [0, 0.1) is 11.6 Å².